The smallest absolute Gasteiger partial charge is 0.337 e. The molecule has 0 aromatic heterocycles. The Labute approximate surface area is 103 Å². The SMILES string of the molecule is NCCN(Cc1ccccc1)C(=O)CC(F)(F)F. The molecule has 1 amide bonds. The Bertz CT molecular complexity index is 379. The molecule has 3 nitrogen and oxygen atoms in total. The molecule has 0 spiro atoms. The summed E-state index contributed by atoms with van der Waals surface area (Å²) >= 11 is 0. The molecule has 18 heavy (non-hydrogen) atoms. The number of nitrogens with two attached hydrogens (primary N) is 1. The van der Waals surface area contributed by atoms with Gasteiger partial charge in [0.1, 0.15) is 6.42 Å². The molecular weight excluding hydrogens is 245 g/mol. The van der Waals surface area contributed by atoms with Gasteiger partial charge in [0.05, 0.1) is 0 Å². The van der Waals surface area contributed by atoms with Gasteiger partial charge in [-0.15, -0.1) is 0 Å². The van der Waals surface area contributed by atoms with Crippen LogP contribution in [0.15, 0.2) is 30.3 Å². The van der Waals surface area contributed by atoms with Gasteiger partial charge in [0, 0.05) is 19.6 Å². The Morgan fingerprint density at radius 2 is 1.83 bits per heavy atom. The fourth-order valence-corrected chi connectivity index (χ4v) is 1.53. The molecule has 0 fully saturated rings. The largest absolute Gasteiger partial charge is 0.397 e. The van der Waals surface area contributed by atoms with E-state index in [0.717, 1.165) is 10.5 Å². The highest BCUT2D eigenvalue weighted by Crippen LogP contribution is 2.21. The van der Waals surface area contributed by atoms with Gasteiger partial charge in [0.25, 0.3) is 0 Å². The predicted molar refractivity (Wildman–Crippen MR) is 61.6 cm³/mol. The van der Waals surface area contributed by atoms with Crippen LogP contribution in [0.2, 0.25) is 0 Å². The van der Waals surface area contributed by atoms with Crippen molar-refractivity contribution in [1.29, 1.82) is 0 Å². The van der Waals surface area contributed by atoms with E-state index in [1.165, 1.54) is 0 Å². The Morgan fingerprint density at radius 1 is 1.22 bits per heavy atom. The van der Waals surface area contributed by atoms with E-state index in [1.54, 1.807) is 30.3 Å². The molecule has 0 radical (unpaired) electrons. The van der Waals surface area contributed by atoms with E-state index >= 15 is 0 Å². The maximum atomic E-state index is 12.2. The van der Waals surface area contributed by atoms with Crippen molar-refractivity contribution < 1.29 is 18.0 Å². The van der Waals surface area contributed by atoms with Crippen LogP contribution < -0.4 is 5.73 Å². The Hall–Kier alpha value is -1.56. The minimum Gasteiger partial charge on any atom is -0.337 e. The summed E-state index contributed by atoms with van der Waals surface area (Å²) in [6.07, 6.45) is -5.93. The number of alkyl halides is 3. The molecule has 1 aromatic rings. The minimum atomic E-state index is -4.49. The van der Waals surface area contributed by atoms with Crippen molar-refractivity contribution in [3.8, 4) is 0 Å². The van der Waals surface area contributed by atoms with Crippen LogP contribution in [0.5, 0.6) is 0 Å². The van der Waals surface area contributed by atoms with Crippen molar-refractivity contribution in [3.63, 3.8) is 0 Å². The first-order valence-corrected chi connectivity index (χ1v) is 5.51. The molecule has 0 aliphatic heterocycles. The molecule has 0 saturated heterocycles. The van der Waals surface area contributed by atoms with Crippen molar-refractivity contribution in [3.05, 3.63) is 35.9 Å². The predicted octanol–water partition coefficient (Wildman–Crippen LogP) is 1.93. The molecule has 0 atom stereocenters. The van der Waals surface area contributed by atoms with Crippen LogP contribution >= 0.6 is 0 Å². The molecule has 0 bridgehead atoms. The lowest BCUT2D eigenvalue weighted by Crippen LogP contribution is -2.37. The van der Waals surface area contributed by atoms with Gasteiger partial charge < -0.3 is 10.6 Å². The first kappa shape index (κ1) is 14.5. The number of carbonyl (C=O) groups is 1. The van der Waals surface area contributed by atoms with E-state index in [0.29, 0.717) is 0 Å². The molecule has 0 saturated carbocycles. The van der Waals surface area contributed by atoms with Crippen molar-refractivity contribution in [2.24, 2.45) is 5.73 Å². The summed E-state index contributed by atoms with van der Waals surface area (Å²) in [6, 6.07) is 8.84. The fourth-order valence-electron chi connectivity index (χ4n) is 1.53. The average molecular weight is 260 g/mol. The van der Waals surface area contributed by atoms with Crippen molar-refractivity contribution in [1.82, 2.24) is 4.90 Å². The first-order chi connectivity index (χ1) is 8.42. The van der Waals surface area contributed by atoms with E-state index in [9.17, 15) is 18.0 Å². The third-order valence-corrected chi connectivity index (χ3v) is 2.32. The van der Waals surface area contributed by atoms with E-state index in [-0.39, 0.29) is 19.6 Å². The van der Waals surface area contributed by atoms with E-state index in [2.05, 4.69) is 0 Å². The summed E-state index contributed by atoms with van der Waals surface area (Å²) in [6.45, 7) is 0.396. The highest BCUT2D eigenvalue weighted by Gasteiger charge is 2.33. The second-order valence-electron chi connectivity index (χ2n) is 3.88. The summed E-state index contributed by atoms with van der Waals surface area (Å²) in [5.74, 6) is -0.947. The van der Waals surface area contributed by atoms with Crippen molar-refractivity contribution >= 4 is 5.91 Å². The Morgan fingerprint density at radius 3 is 2.33 bits per heavy atom. The third-order valence-electron chi connectivity index (χ3n) is 2.32. The number of benzene rings is 1. The molecule has 1 rings (SSSR count). The zero-order chi connectivity index (χ0) is 13.6. The summed E-state index contributed by atoms with van der Waals surface area (Å²) < 4.78 is 36.5. The Balaban J connectivity index is 2.68. The monoisotopic (exact) mass is 260 g/mol. The first-order valence-electron chi connectivity index (χ1n) is 5.51. The molecular formula is C12H15F3N2O. The zero-order valence-corrected chi connectivity index (χ0v) is 9.78. The van der Waals surface area contributed by atoms with Crippen LogP contribution in [0.3, 0.4) is 0 Å². The second-order valence-corrected chi connectivity index (χ2v) is 3.88. The van der Waals surface area contributed by atoms with Crippen LogP contribution in [0.4, 0.5) is 13.2 Å². The van der Waals surface area contributed by atoms with Crippen LogP contribution in [-0.4, -0.2) is 30.1 Å². The van der Waals surface area contributed by atoms with Crippen LogP contribution in [0.25, 0.3) is 0 Å². The molecule has 100 valence electrons. The average Bonchev–Trinajstić information content (AvgIpc) is 2.27. The van der Waals surface area contributed by atoms with Gasteiger partial charge in [-0.2, -0.15) is 13.2 Å². The zero-order valence-electron chi connectivity index (χ0n) is 9.78. The van der Waals surface area contributed by atoms with Gasteiger partial charge in [0.2, 0.25) is 5.91 Å². The van der Waals surface area contributed by atoms with Gasteiger partial charge in [-0.05, 0) is 5.56 Å². The third kappa shape index (κ3) is 5.18. The van der Waals surface area contributed by atoms with Crippen LogP contribution in [-0.2, 0) is 11.3 Å². The lowest BCUT2D eigenvalue weighted by molar-refractivity contribution is -0.161. The maximum Gasteiger partial charge on any atom is 0.397 e. The van der Waals surface area contributed by atoms with Gasteiger partial charge in [-0.3, -0.25) is 4.79 Å². The quantitative estimate of drug-likeness (QED) is 0.879. The minimum absolute atomic E-state index is 0.115. The number of hydrogen-bond acceptors (Lipinski definition) is 2. The highest BCUT2D eigenvalue weighted by atomic mass is 19.4. The van der Waals surface area contributed by atoms with Crippen LogP contribution in [0.1, 0.15) is 12.0 Å². The van der Waals surface area contributed by atoms with Gasteiger partial charge in [-0.25, -0.2) is 0 Å². The molecule has 0 aliphatic carbocycles. The number of halogens is 3. The number of amides is 1. The summed E-state index contributed by atoms with van der Waals surface area (Å²) in [5.41, 5.74) is 6.09. The number of carbonyl (C=O) groups excluding carboxylic acids is 1. The van der Waals surface area contributed by atoms with Gasteiger partial charge in [-0.1, -0.05) is 30.3 Å². The molecule has 0 aliphatic rings. The highest BCUT2D eigenvalue weighted by molar-refractivity contribution is 5.76. The Kier molecular flexibility index (Phi) is 5.15. The molecule has 6 heteroatoms. The molecule has 2 N–H and O–H groups in total. The van der Waals surface area contributed by atoms with Crippen molar-refractivity contribution in [2.75, 3.05) is 13.1 Å². The topological polar surface area (TPSA) is 46.3 Å². The summed E-state index contributed by atoms with van der Waals surface area (Å²) in [4.78, 5) is 12.6. The standard InChI is InChI=1S/C12H15F3N2O/c13-12(14,15)8-11(18)17(7-6-16)9-10-4-2-1-3-5-10/h1-5H,6-9,16H2. The van der Waals surface area contributed by atoms with E-state index < -0.39 is 18.5 Å². The lowest BCUT2D eigenvalue weighted by Gasteiger charge is -2.22. The van der Waals surface area contributed by atoms with Gasteiger partial charge in [0.15, 0.2) is 0 Å². The summed E-state index contributed by atoms with van der Waals surface area (Å²) in [5, 5.41) is 0. The maximum absolute atomic E-state index is 12.2. The van der Waals surface area contributed by atoms with E-state index in [4.69, 9.17) is 5.73 Å². The molecule has 0 heterocycles. The normalized spacial score (nSPS) is 11.3. The van der Waals surface area contributed by atoms with E-state index in [1.807, 2.05) is 0 Å². The second kappa shape index (κ2) is 6.39. The number of hydrogen-bond donors (Lipinski definition) is 1. The lowest BCUT2D eigenvalue weighted by atomic mass is 10.2. The van der Waals surface area contributed by atoms with Crippen LogP contribution in [0, 0.1) is 0 Å². The fraction of sp³-hybridized carbons (Fsp3) is 0.417. The molecule has 0 unspecified atom stereocenters. The number of nitrogens with zero attached hydrogens (tertiary/aromatic N) is 1. The summed E-state index contributed by atoms with van der Waals surface area (Å²) in [7, 11) is 0. The van der Waals surface area contributed by atoms with Crippen molar-refractivity contribution in [2.45, 2.75) is 19.1 Å². The molecule has 1 aromatic carbocycles. The van der Waals surface area contributed by atoms with Gasteiger partial charge >= 0.3 is 6.18 Å². The number of rotatable bonds is 5.